The Morgan fingerprint density at radius 2 is 2.00 bits per heavy atom. The molecule has 1 atom stereocenters. The van der Waals surface area contributed by atoms with Crippen LogP contribution in [0.4, 0.5) is 5.69 Å². The van der Waals surface area contributed by atoms with E-state index >= 15 is 0 Å². The van der Waals surface area contributed by atoms with E-state index < -0.39 is 5.97 Å². The number of para-hydroxylation sites is 1. The second kappa shape index (κ2) is 5.45. The normalized spacial score (nSPS) is 12.2. The summed E-state index contributed by atoms with van der Waals surface area (Å²) in [4.78, 5) is 13.7. The Morgan fingerprint density at radius 1 is 1.26 bits per heavy atom. The predicted molar refractivity (Wildman–Crippen MR) is 79.2 cm³/mol. The van der Waals surface area contributed by atoms with Gasteiger partial charge in [-0.2, -0.15) is 0 Å². The van der Waals surface area contributed by atoms with Crippen molar-refractivity contribution in [2.24, 2.45) is 0 Å². The molecule has 1 aromatic heterocycles. The lowest BCUT2D eigenvalue weighted by Gasteiger charge is -2.17. The van der Waals surface area contributed by atoms with Gasteiger partial charge in [-0.3, -0.25) is 0 Å². The van der Waals surface area contributed by atoms with E-state index in [-0.39, 0.29) is 6.04 Å². The fourth-order valence-electron chi connectivity index (χ4n) is 2.01. The summed E-state index contributed by atoms with van der Waals surface area (Å²) in [5.74, 6) is -0.902. The number of anilines is 1. The molecule has 1 heterocycles. The largest absolute Gasteiger partial charge is 0.478 e. The van der Waals surface area contributed by atoms with Gasteiger partial charge in [-0.05, 0) is 44.5 Å². The van der Waals surface area contributed by atoms with Crippen molar-refractivity contribution in [3.05, 3.63) is 51.2 Å². The van der Waals surface area contributed by atoms with Crippen molar-refractivity contribution in [3.63, 3.8) is 0 Å². The Kier molecular flexibility index (Phi) is 3.90. The third kappa shape index (κ3) is 2.96. The smallest absolute Gasteiger partial charge is 0.337 e. The van der Waals surface area contributed by atoms with Gasteiger partial charge in [0.15, 0.2) is 0 Å². The van der Waals surface area contributed by atoms with Crippen molar-refractivity contribution in [1.29, 1.82) is 0 Å². The highest BCUT2D eigenvalue weighted by molar-refractivity contribution is 7.12. The van der Waals surface area contributed by atoms with Crippen LogP contribution in [0.1, 0.15) is 38.6 Å². The molecule has 0 amide bonds. The van der Waals surface area contributed by atoms with Gasteiger partial charge in [0, 0.05) is 9.75 Å². The summed E-state index contributed by atoms with van der Waals surface area (Å²) in [6.07, 6.45) is 0. The zero-order chi connectivity index (χ0) is 14.0. The molecule has 1 aromatic carbocycles. The van der Waals surface area contributed by atoms with Crippen LogP contribution in [-0.2, 0) is 0 Å². The van der Waals surface area contributed by atoms with E-state index in [9.17, 15) is 9.90 Å². The number of carboxylic acids is 1. The zero-order valence-electron chi connectivity index (χ0n) is 11.2. The molecule has 0 aliphatic heterocycles. The van der Waals surface area contributed by atoms with Gasteiger partial charge in [-0.15, -0.1) is 11.3 Å². The number of rotatable bonds is 4. The molecule has 2 aromatic rings. The number of thiophene rings is 1. The number of nitrogens with one attached hydrogen (secondary N) is 1. The van der Waals surface area contributed by atoms with Crippen LogP contribution in [0.2, 0.25) is 0 Å². The minimum Gasteiger partial charge on any atom is -0.478 e. The maximum absolute atomic E-state index is 11.3. The van der Waals surface area contributed by atoms with E-state index in [2.05, 4.69) is 24.4 Å². The van der Waals surface area contributed by atoms with Gasteiger partial charge in [-0.25, -0.2) is 4.79 Å². The topological polar surface area (TPSA) is 49.3 Å². The van der Waals surface area contributed by atoms with Crippen molar-refractivity contribution >= 4 is 23.0 Å². The van der Waals surface area contributed by atoms with Gasteiger partial charge < -0.3 is 10.4 Å². The molecular weight excluding hydrogens is 258 g/mol. The summed E-state index contributed by atoms with van der Waals surface area (Å²) in [6, 6.07) is 9.57. The third-order valence-corrected chi connectivity index (χ3v) is 4.24. The molecule has 3 nitrogen and oxygen atoms in total. The highest BCUT2D eigenvalue weighted by atomic mass is 32.1. The highest BCUT2D eigenvalue weighted by Crippen LogP contribution is 2.29. The summed E-state index contributed by atoms with van der Waals surface area (Å²) >= 11 is 1.73. The Balaban J connectivity index is 2.30. The summed E-state index contributed by atoms with van der Waals surface area (Å²) in [7, 11) is 0. The number of aromatic carboxylic acids is 1. The van der Waals surface area contributed by atoms with E-state index in [1.165, 1.54) is 9.75 Å². The summed E-state index contributed by atoms with van der Waals surface area (Å²) in [5.41, 5.74) is 1.97. The number of carbonyl (C=O) groups is 1. The number of hydrogen-bond donors (Lipinski definition) is 2. The van der Waals surface area contributed by atoms with Crippen LogP contribution in [0, 0.1) is 13.8 Å². The fraction of sp³-hybridized carbons (Fsp3) is 0.267. The Bertz CT molecular complexity index is 604. The van der Waals surface area contributed by atoms with Crippen molar-refractivity contribution in [3.8, 4) is 0 Å². The molecule has 2 N–H and O–H groups in total. The summed E-state index contributed by atoms with van der Waals surface area (Å²) < 4.78 is 0. The number of carboxylic acid groups (broad SMARTS) is 1. The first-order valence-electron chi connectivity index (χ1n) is 6.15. The van der Waals surface area contributed by atoms with Gasteiger partial charge in [0.25, 0.3) is 0 Å². The Hall–Kier alpha value is -1.81. The van der Waals surface area contributed by atoms with Crippen LogP contribution in [-0.4, -0.2) is 11.1 Å². The van der Waals surface area contributed by atoms with Gasteiger partial charge in [0.2, 0.25) is 0 Å². The van der Waals surface area contributed by atoms with Crippen molar-refractivity contribution in [2.45, 2.75) is 26.8 Å². The maximum atomic E-state index is 11.3. The average molecular weight is 275 g/mol. The molecule has 0 saturated heterocycles. The summed E-state index contributed by atoms with van der Waals surface area (Å²) in [6.45, 7) is 6.03. The van der Waals surface area contributed by atoms with E-state index in [4.69, 9.17) is 0 Å². The van der Waals surface area contributed by atoms with Crippen LogP contribution < -0.4 is 5.32 Å². The number of aryl methyl sites for hydroxylation is 2. The van der Waals surface area contributed by atoms with Crippen molar-refractivity contribution in [2.75, 3.05) is 5.32 Å². The van der Waals surface area contributed by atoms with E-state index in [1.54, 1.807) is 23.5 Å². The molecule has 0 aliphatic carbocycles. The Labute approximate surface area is 116 Å². The van der Waals surface area contributed by atoms with Gasteiger partial charge in [0.05, 0.1) is 17.3 Å². The van der Waals surface area contributed by atoms with Crippen LogP contribution in [0.15, 0.2) is 30.3 Å². The zero-order valence-corrected chi connectivity index (χ0v) is 12.0. The SMILES string of the molecule is Cc1ccc(C(C)Nc2c(C)cccc2C(=O)O)s1. The molecule has 0 saturated carbocycles. The van der Waals surface area contributed by atoms with Gasteiger partial charge in [0.1, 0.15) is 0 Å². The van der Waals surface area contributed by atoms with Crippen molar-refractivity contribution < 1.29 is 9.90 Å². The first-order chi connectivity index (χ1) is 8.99. The molecule has 1 unspecified atom stereocenters. The quantitative estimate of drug-likeness (QED) is 0.877. The highest BCUT2D eigenvalue weighted by Gasteiger charge is 2.15. The third-order valence-electron chi connectivity index (χ3n) is 3.05. The maximum Gasteiger partial charge on any atom is 0.337 e. The second-order valence-corrected chi connectivity index (χ2v) is 5.94. The van der Waals surface area contributed by atoms with Crippen LogP contribution in [0.3, 0.4) is 0 Å². The lowest BCUT2D eigenvalue weighted by molar-refractivity contribution is 0.0698. The number of benzene rings is 1. The van der Waals surface area contributed by atoms with Gasteiger partial charge >= 0.3 is 5.97 Å². The lowest BCUT2D eigenvalue weighted by atomic mass is 10.1. The van der Waals surface area contributed by atoms with Crippen LogP contribution in [0.5, 0.6) is 0 Å². The summed E-state index contributed by atoms with van der Waals surface area (Å²) in [5, 5.41) is 12.6. The average Bonchev–Trinajstić information content (AvgIpc) is 2.78. The molecule has 19 heavy (non-hydrogen) atoms. The molecule has 4 heteroatoms. The standard InChI is InChI=1S/C15H17NO2S/c1-9-5-4-6-12(15(17)18)14(9)16-11(3)13-8-7-10(2)19-13/h4-8,11,16H,1-3H3,(H,17,18). The van der Waals surface area contributed by atoms with Crippen LogP contribution >= 0.6 is 11.3 Å². The van der Waals surface area contributed by atoms with Gasteiger partial charge in [-0.1, -0.05) is 12.1 Å². The predicted octanol–water partition coefficient (Wildman–Crippen LogP) is 4.24. The molecule has 0 aliphatic rings. The first kappa shape index (κ1) is 13.6. The molecule has 0 spiro atoms. The van der Waals surface area contributed by atoms with E-state index in [0.717, 1.165) is 5.56 Å². The molecule has 100 valence electrons. The minimum atomic E-state index is -0.902. The minimum absolute atomic E-state index is 0.0953. The van der Waals surface area contributed by atoms with E-state index in [0.29, 0.717) is 11.3 Å². The molecule has 0 bridgehead atoms. The van der Waals surface area contributed by atoms with Crippen LogP contribution in [0.25, 0.3) is 0 Å². The molecular formula is C15H17NO2S. The lowest BCUT2D eigenvalue weighted by Crippen LogP contribution is -2.11. The van der Waals surface area contributed by atoms with E-state index in [1.807, 2.05) is 19.9 Å². The molecule has 0 radical (unpaired) electrons. The monoisotopic (exact) mass is 275 g/mol. The van der Waals surface area contributed by atoms with Crippen molar-refractivity contribution in [1.82, 2.24) is 0 Å². The molecule has 2 rings (SSSR count). The molecule has 0 fully saturated rings. The number of hydrogen-bond acceptors (Lipinski definition) is 3. The second-order valence-electron chi connectivity index (χ2n) is 4.62. The first-order valence-corrected chi connectivity index (χ1v) is 6.96. The Morgan fingerprint density at radius 3 is 2.58 bits per heavy atom. The fourth-order valence-corrected chi connectivity index (χ4v) is 2.89.